The number of halogens is 5. The number of piperazine rings is 1. The van der Waals surface area contributed by atoms with E-state index in [1.165, 1.54) is 12.3 Å². The SMILES string of the molecule is O=C(c1cccc(-c2c[nH]nc2F)c1Cl)N1CCN2C[C@@H](c3ccc(C(F)(F)F)nn3)OC[C@@H]2C1. The van der Waals surface area contributed by atoms with Crippen LogP contribution in [-0.2, 0) is 10.9 Å². The molecule has 2 fully saturated rings. The predicted octanol–water partition coefficient (Wildman–Crippen LogP) is 3.58. The van der Waals surface area contributed by atoms with E-state index in [0.717, 1.165) is 6.07 Å². The average molecular weight is 511 g/mol. The van der Waals surface area contributed by atoms with Crippen LogP contribution in [0.5, 0.6) is 0 Å². The normalized spacial score (nSPS) is 21.1. The van der Waals surface area contributed by atoms with Crippen LogP contribution in [-0.4, -0.2) is 74.9 Å². The standard InChI is InChI=1S/C22H19ClF4N6O2/c23-19-13(15-8-28-31-20(15)24)2-1-3-14(19)21(34)33-7-6-32-10-17(35-11-12(32)9-33)16-4-5-18(30-29-16)22(25,26)27/h1-5,8,12,17H,6-7,9-11H2,(H,28,31)/t12-,17-/m0/s1. The molecule has 184 valence electrons. The maximum absolute atomic E-state index is 13.9. The minimum Gasteiger partial charge on any atom is -0.369 e. The number of alkyl halides is 3. The highest BCUT2D eigenvalue weighted by atomic mass is 35.5. The van der Waals surface area contributed by atoms with Crippen LogP contribution in [0, 0.1) is 5.95 Å². The third-order valence-electron chi connectivity index (χ3n) is 6.20. The Morgan fingerprint density at radius 3 is 2.63 bits per heavy atom. The third kappa shape index (κ3) is 4.60. The van der Waals surface area contributed by atoms with E-state index in [-0.39, 0.29) is 34.7 Å². The summed E-state index contributed by atoms with van der Waals surface area (Å²) in [6, 6.07) is 6.91. The average Bonchev–Trinajstić information content (AvgIpc) is 3.28. The van der Waals surface area contributed by atoms with Crippen molar-refractivity contribution in [1.29, 1.82) is 0 Å². The van der Waals surface area contributed by atoms with E-state index in [1.807, 2.05) is 0 Å². The summed E-state index contributed by atoms with van der Waals surface area (Å²) in [5.41, 5.74) is 0.0645. The van der Waals surface area contributed by atoms with E-state index in [1.54, 1.807) is 23.1 Å². The molecule has 13 heteroatoms. The number of aromatic amines is 1. The topological polar surface area (TPSA) is 87.2 Å². The molecular formula is C22H19ClF4N6O2. The maximum atomic E-state index is 13.9. The summed E-state index contributed by atoms with van der Waals surface area (Å²) in [5, 5.41) is 13.0. The molecule has 3 aromatic rings. The minimum atomic E-state index is -4.55. The van der Waals surface area contributed by atoms with Crippen molar-refractivity contribution in [3.8, 4) is 11.1 Å². The molecule has 1 aromatic carbocycles. The monoisotopic (exact) mass is 510 g/mol. The number of ether oxygens (including phenoxy) is 1. The molecule has 5 rings (SSSR count). The van der Waals surface area contributed by atoms with Crippen molar-refractivity contribution in [3.63, 3.8) is 0 Å². The summed E-state index contributed by atoms with van der Waals surface area (Å²) < 4.78 is 58.0. The van der Waals surface area contributed by atoms with E-state index < -0.39 is 23.9 Å². The highest BCUT2D eigenvalue weighted by Crippen LogP contribution is 2.33. The number of rotatable bonds is 3. The summed E-state index contributed by atoms with van der Waals surface area (Å²) in [7, 11) is 0. The smallest absolute Gasteiger partial charge is 0.369 e. The molecule has 1 N–H and O–H groups in total. The molecule has 2 aromatic heterocycles. The van der Waals surface area contributed by atoms with Crippen LogP contribution in [0.15, 0.2) is 36.5 Å². The van der Waals surface area contributed by atoms with Gasteiger partial charge in [-0.1, -0.05) is 23.7 Å². The van der Waals surface area contributed by atoms with Gasteiger partial charge in [0.1, 0.15) is 6.10 Å². The first-order chi connectivity index (χ1) is 16.7. The first-order valence-corrected chi connectivity index (χ1v) is 11.1. The number of fused-ring (bicyclic) bond motifs is 1. The molecule has 0 unspecified atom stereocenters. The lowest BCUT2D eigenvalue weighted by Crippen LogP contribution is -2.59. The van der Waals surface area contributed by atoms with Crippen molar-refractivity contribution in [2.45, 2.75) is 18.3 Å². The lowest BCUT2D eigenvalue weighted by atomic mass is 10.0. The molecule has 0 aliphatic carbocycles. The molecule has 8 nitrogen and oxygen atoms in total. The Kier molecular flexibility index (Phi) is 6.20. The van der Waals surface area contributed by atoms with E-state index in [0.29, 0.717) is 37.4 Å². The number of H-pyrrole nitrogens is 1. The van der Waals surface area contributed by atoms with Gasteiger partial charge in [0.15, 0.2) is 5.69 Å². The molecule has 0 radical (unpaired) electrons. The number of nitrogens with zero attached hydrogens (tertiary/aromatic N) is 5. The first-order valence-electron chi connectivity index (χ1n) is 10.8. The van der Waals surface area contributed by atoms with Gasteiger partial charge in [-0.3, -0.25) is 14.8 Å². The van der Waals surface area contributed by atoms with Crippen LogP contribution >= 0.6 is 11.6 Å². The maximum Gasteiger partial charge on any atom is 0.435 e. The Hall–Kier alpha value is -3.09. The molecular weight excluding hydrogens is 492 g/mol. The van der Waals surface area contributed by atoms with Crippen molar-refractivity contribution in [3.05, 3.63) is 64.5 Å². The van der Waals surface area contributed by atoms with Gasteiger partial charge in [-0.15, -0.1) is 10.2 Å². The lowest BCUT2D eigenvalue weighted by molar-refractivity contribution is -0.142. The van der Waals surface area contributed by atoms with Gasteiger partial charge >= 0.3 is 6.18 Å². The van der Waals surface area contributed by atoms with Crippen LogP contribution in [0.25, 0.3) is 11.1 Å². The third-order valence-corrected chi connectivity index (χ3v) is 6.61. The fourth-order valence-electron chi connectivity index (χ4n) is 4.35. The highest BCUT2D eigenvalue weighted by Gasteiger charge is 2.38. The van der Waals surface area contributed by atoms with Gasteiger partial charge in [0.05, 0.1) is 34.5 Å². The van der Waals surface area contributed by atoms with Crippen LogP contribution < -0.4 is 0 Å². The summed E-state index contributed by atoms with van der Waals surface area (Å²) in [6.45, 7) is 2.03. The van der Waals surface area contributed by atoms with Crippen molar-refractivity contribution < 1.29 is 27.1 Å². The first kappa shape index (κ1) is 23.6. The number of benzene rings is 1. The number of hydrogen-bond donors (Lipinski definition) is 1. The molecule has 4 heterocycles. The van der Waals surface area contributed by atoms with E-state index in [2.05, 4.69) is 25.3 Å². The molecule has 2 aliphatic rings. The Morgan fingerprint density at radius 1 is 1.11 bits per heavy atom. The summed E-state index contributed by atoms with van der Waals surface area (Å²) >= 11 is 6.48. The molecule has 1 amide bonds. The van der Waals surface area contributed by atoms with Crippen LogP contribution in [0.4, 0.5) is 17.6 Å². The van der Waals surface area contributed by atoms with Crippen LogP contribution in [0.2, 0.25) is 5.02 Å². The molecule has 2 aliphatic heterocycles. The molecule has 2 atom stereocenters. The van der Waals surface area contributed by atoms with Crippen molar-refractivity contribution >= 4 is 17.5 Å². The zero-order chi connectivity index (χ0) is 24.7. The molecule has 0 bridgehead atoms. The number of amides is 1. The molecule has 0 spiro atoms. The van der Waals surface area contributed by atoms with Gasteiger partial charge in [-0.25, -0.2) is 0 Å². The van der Waals surface area contributed by atoms with E-state index in [4.69, 9.17) is 16.3 Å². The molecule has 2 saturated heterocycles. The van der Waals surface area contributed by atoms with E-state index >= 15 is 0 Å². The fraction of sp³-hybridized carbons (Fsp3) is 0.364. The number of nitrogens with one attached hydrogen (secondary N) is 1. The Balaban J connectivity index is 1.26. The van der Waals surface area contributed by atoms with Gasteiger partial charge < -0.3 is 9.64 Å². The zero-order valence-electron chi connectivity index (χ0n) is 18.1. The van der Waals surface area contributed by atoms with Crippen molar-refractivity contribution in [2.24, 2.45) is 0 Å². The summed E-state index contributed by atoms with van der Waals surface area (Å²) in [5.74, 6) is -0.993. The van der Waals surface area contributed by atoms with Gasteiger partial charge in [-0.2, -0.15) is 22.7 Å². The number of aromatic nitrogens is 4. The van der Waals surface area contributed by atoms with E-state index in [9.17, 15) is 22.4 Å². The number of morpholine rings is 1. The second kappa shape index (κ2) is 9.17. The number of hydrogen-bond acceptors (Lipinski definition) is 6. The highest BCUT2D eigenvalue weighted by molar-refractivity contribution is 6.36. The van der Waals surface area contributed by atoms with Crippen molar-refractivity contribution in [1.82, 2.24) is 30.2 Å². The van der Waals surface area contributed by atoms with Gasteiger partial charge in [0.2, 0.25) is 5.95 Å². The van der Waals surface area contributed by atoms with Crippen LogP contribution in [0.3, 0.4) is 0 Å². The lowest BCUT2D eigenvalue weighted by Gasteiger charge is -2.45. The largest absolute Gasteiger partial charge is 0.435 e. The van der Waals surface area contributed by atoms with Gasteiger partial charge in [-0.05, 0) is 18.2 Å². The van der Waals surface area contributed by atoms with Gasteiger partial charge in [0, 0.05) is 37.9 Å². The summed E-state index contributed by atoms with van der Waals surface area (Å²) in [6.07, 6.45) is -3.69. The summed E-state index contributed by atoms with van der Waals surface area (Å²) in [4.78, 5) is 17.0. The second-order valence-corrected chi connectivity index (χ2v) is 8.70. The second-order valence-electron chi connectivity index (χ2n) is 8.32. The Labute approximate surface area is 201 Å². The molecule has 0 saturated carbocycles. The van der Waals surface area contributed by atoms with Crippen molar-refractivity contribution in [2.75, 3.05) is 32.8 Å². The Bertz CT molecular complexity index is 1240. The minimum absolute atomic E-state index is 0.0976. The molecule has 35 heavy (non-hydrogen) atoms. The number of carbonyl (C=O) groups excluding carboxylic acids is 1. The van der Waals surface area contributed by atoms with Crippen LogP contribution in [0.1, 0.15) is 27.8 Å². The zero-order valence-corrected chi connectivity index (χ0v) is 18.9. The Morgan fingerprint density at radius 2 is 1.94 bits per heavy atom. The quantitative estimate of drug-likeness (QED) is 0.542. The number of carbonyl (C=O) groups is 1. The fourth-order valence-corrected chi connectivity index (χ4v) is 4.66. The van der Waals surface area contributed by atoms with Gasteiger partial charge in [0.25, 0.3) is 5.91 Å². The predicted molar refractivity (Wildman–Crippen MR) is 116 cm³/mol.